The molecule has 0 unspecified atom stereocenters. The van der Waals surface area contributed by atoms with E-state index in [0.29, 0.717) is 37.4 Å². The van der Waals surface area contributed by atoms with Crippen molar-refractivity contribution in [1.82, 2.24) is 19.2 Å². The van der Waals surface area contributed by atoms with Gasteiger partial charge in [-0.3, -0.25) is 4.79 Å². The van der Waals surface area contributed by atoms with Gasteiger partial charge in [0.2, 0.25) is 15.9 Å². The van der Waals surface area contributed by atoms with Gasteiger partial charge in [-0.05, 0) is 50.5 Å². The molecule has 168 valence electrons. The first kappa shape index (κ1) is 22.2. The first-order valence-corrected chi connectivity index (χ1v) is 12.2. The van der Waals surface area contributed by atoms with Gasteiger partial charge < -0.3 is 9.88 Å². The Morgan fingerprint density at radius 2 is 1.75 bits per heavy atom. The van der Waals surface area contributed by atoms with Crippen LogP contribution in [0.15, 0.2) is 65.8 Å². The van der Waals surface area contributed by atoms with Gasteiger partial charge in [0, 0.05) is 37.9 Å². The van der Waals surface area contributed by atoms with Crippen LogP contribution in [0.4, 0.5) is 0 Å². The summed E-state index contributed by atoms with van der Waals surface area (Å²) in [5.41, 5.74) is 3.01. The molecular formula is C24H28N4O3S. The number of carbonyl (C=O) groups excluding carboxylic acids is 1. The lowest BCUT2D eigenvalue weighted by molar-refractivity contribution is -0.126. The number of nitrogens with one attached hydrogen (secondary N) is 1. The van der Waals surface area contributed by atoms with Gasteiger partial charge in [0.05, 0.1) is 10.6 Å². The monoisotopic (exact) mass is 452 g/mol. The van der Waals surface area contributed by atoms with Crippen LogP contribution in [0, 0.1) is 19.8 Å². The van der Waals surface area contributed by atoms with Crippen molar-refractivity contribution in [2.24, 2.45) is 5.92 Å². The lowest BCUT2D eigenvalue weighted by Crippen LogP contribution is -2.42. The van der Waals surface area contributed by atoms with Gasteiger partial charge in [-0.1, -0.05) is 35.9 Å². The molecular weight excluding hydrogens is 424 g/mol. The van der Waals surface area contributed by atoms with Crippen LogP contribution in [0.25, 0.3) is 5.69 Å². The standard InChI is InChI=1S/C24H28N4O3S/c1-18-7-9-22(10-8-18)32(30,31)27-14-11-20(12-15-27)24(29)26-17-21-5-3-4-6-23(21)28-16-13-25-19(28)2/h3-10,13,16,20H,11-12,14-15,17H2,1-2H3,(H,26,29). The predicted octanol–water partition coefficient (Wildman–Crippen LogP) is 3.21. The van der Waals surface area contributed by atoms with Crippen molar-refractivity contribution in [2.45, 2.75) is 38.1 Å². The van der Waals surface area contributed by atoms with E-state index in [-0.39, 0.29) is 11.8 Å². The quantitative estimate of drug-likeness (QED) is 0.622. The maximum atomic E-state index is 12.9. The third-order valence-corrected chi connectivity index (χ3v) is 7.93. The van der Waals surface area contributed by atoms with Crippen molar-refractivity contribution in [1.29, 1.82) is 0 Å². The molecule has 0 radical (unpaired) electrons. The molecule has 1 aliphatic rings. The Balaban J connectivity index is 1.36. The lowest BCUT2D eigenvalue weighted by atomic mass is 9.97. The second kappa shape index (κ2) is 9.26. The number of benzene rings is 2. The van der Waals surface area contributed by atoms with Crippen LogP contribution >= 0.6 is 0 Å². The summed E-state index contributed by atoms with van der Waals surface area (Å²) in [6, 6.07) is 14.8. The van der Waals surface area contributed by atoms with E-state index >= 15 is 0 Å². The van der Waals surface area contributed by atoms with E-state index in [0.717, 1.165) is 22.6 Å². The van der Waals surface area contributed by atoms with E-state index in [4.69, 9.17) is 0 Å². The van der Waals surface area contributed by atoms with Crippen molar-refractivity contribution >= 4 is 15.9 Å². The number of rotatable bonds is 6. The molecule has 0 bridgehead atoms. The second-order valence-electron chi connectivity index (χ2n) is 8.18. The van der Waals surface area contributed by atoms with Crippen molar-refractivity contribution in [2.75, 3.05) is 13.1 Å². The summed E-state index contributed by atoms with van der Waals surface area (Å²) in [6.45, 7) is 4.97. The number of nitrogens with zero attached hydrogens (tertiary/aromatic N) is 3. The van der Waals surface area contributed by atoms with Gasteiger partial charge >= 0.3 is 0 Å². The summed E-state index contributed by atoms with van der Waals surface area (Å²) >= 11 is 0. The Morgan fingerprint density at radius 1 is 1.06 bits per heavy atom. The molecule has 0 aliphatic carbocycles. The molecule has 1 aliphatic heterocycles. The van der Waals surface area contributed by atoms with E-state index in [9.17, 15) is 13.2 Å². The summed E-state index contributed by atoms with van der Waals surface area (Å²) in [5, 5.41) is 3.04. The molecule has 0 saturated carbocycles. The van der Waals surface area contributed by atoms with E-state index in [1.165, 1.54) is 4.31 Å². The number of para-hydroxylation sites is 1. The minimum Gasteiger partial charge on any atom is -0.352 e. The molecule has 4 rings (SSSR count). The van der Waals surface area contributed by atoms with Crippen LogP contribution < -0.4 is 5.32 Å². The van der Waals surface area contributed by atoms with Crippen LogP contribution in [0.5, 0.6) is 0 Å². The van der Waals surface area contributed by atoms with Crippen LogP contribution in [-0.4, -0.2) is 41.3 Å². The van der Waals surface area contributed by atoms with Crippen LogP contribution in [-0.2, 0) is 21.4 Å². The van der Waals surface area contributed by atoms with Crippen LogP contribution in [0.3, 0.4) is 0 Å². The molecule has 2 aromatic carbocycles. The van der Waals surface area contributed by atoms with Crippen molar-refractivity contribution in [3.63, 3.8) is 0 Å². The Hall–Kier alpha value is -2.97. The largest absolute Gasteiger partial charge is 0.352 e. The predicted molar refractivity (Wildman–Crippen MR) is 123 cm³/mol. The Kier molecular flexibility index (Phi) is 6.43. The van der Waals surface area contributed by atoms with Gasteiger partial charge in [0.15, 0.2) is 0 Å². The first-order valence-electron chi connectivity index (χ1n) is 10.8. The Labute approximate surface area is 189 Å². The fourth-order valence-electron chi connectivity index (χ4n) is 4.07. The highest BCUT2D eigenvalue weighted by Crippen LogP contribution is 2.24. The lowest BCUT2D eigenvalue weighted by Gasteiger charge is -2.30. The third kappa shape index (κ3) is 4.61. The van der Waals surface area contributed by atoms with Gasteiger partial charge in [0.1, 0.15) is 5.82 Å². The molecule has 1 N–H and O–H groups in total. The Morgan fingerprint density at radius 3 is 2.41 bits per heavy atom. The fourth-order valence-corrected chi connectivity index (χ4v) is 5.54. The molecule has 2 heterocycles. The third-order valence-electron chi connectivity index (χ3n) is 6.01. The number of piperidine rings is 1. The topological polar surface area (TPSA) is 84.3 Å². The van der Waals surface area contributed by atoms with Gasteiger partial charge in [-0.15, -0.1) is 0 Å². The molecule has 0 atom stereocenters. The van der Waals surface area contributed by atoms with Crippen LogP contribution in [0.1, 0.15) is 29.8 Å². The van der Waals surface area contributed by atoms with E-state index < -0.39 is 10.0 Å². The number of hydrogen-bond acceptors (Lipinski definition) is 4. The van der Waals surface area contributed by atoms with Gasteiger partial charge in [0.25, 0.3) is 0 Å². The number of hydrogen-bond donors (Lipinski definition) is 1. The molecule has 1 aromatic heterocycles. The highest BCUT2D eigenvalue weighted by atomic mass is 32.2. The molecule has 1 saturated heterocycles. The SMILES string of the molecule is Cc1ccc(S(=O)(=O)N2CCC(C(=O)NCc3ccccc3-n3ccnc3C)CC2)cc1. The normalized spacial score (nSPS) is 15.6. The molecule has 32 heavy (non-hydrogen) atoms. The summed E-state index contributed by atoms with van der Waals surface area (Å²) in [7, 11) is -3.53. The number of carbonyl (C=O) groups is 1. The highest BCUT2D eigenvalue weighted by molar-refractivity contribution is 7.89. The molecule has 1 amide bonds. The summed E-state index contributed by atoms with van der Waals surface area (Å²) < 4.78 is 29.2. The van der Waals surface area contributed by atoms with Gasteiger partial charge in [-0.2, -0.15) is 4.31 Å². The number of aryl methyl sites for hydroxylation is 2. The summed E-state index contributed by atoms with van der Waals surface area (Å²) in [5.74, 6) is 0.655. The molecule has 7 nitrogen and oxygen atoms in total. The van der Waals surface area contributed by atoms with E-state index in [2.05, 4.69) is 10.3 Å². The fraction of sp³-hybridized carbons (Fsp3) is 0.333. The molecule has 1 fully saturated rings. The number of aromatic nitrogens is 2. The zero-order valence-electron chi connectivity index (χ0n) is 18.4. The average Bonchev–Trinajstić information content (AvgIpc) is 3.23. The van der Waals surface area contributed by atoms with E-state index in [1.807, 2.05) is 48.9 Å². The Bertz CT molecular complexity index is 1190. The van der Waals surface area contributed by atoms with Gasteiger partial charge in [-0.25, -0.2) is 13.4 Å². The number of sulfonamides is 1. The van der Waals surface area contributed by atoms with E-state index in [1.54, 1.807) is 30.5 Å². The minimum absolute atomic E-state index is 0.0328. The summed E-state index contributed by atoms with van der Waals surface area (Å²) in [6.07, 6.45) is 4.68. The number of imidazole rings is 1. The smallest absolute Gasteiger partial charge is 0.243 e. The first-order chi connectivity index (χ1) is 15.4. The van der Waals surface area contributed by atoms with Crippen molar-refractivity contribution in [3.05, 3.63) is 77.9 Å². The summed E-state index contributed by atoms with van der Waals surface area (Å²) in [4.78, 5) is 17.4. The molecule has 0 spiro atoms. The zero-order valence-corrected chi connectivity index (χ0v) is 19.2. The van der Waals surface area contributed by atoms with Crippen molar-refractivity contribution < 1.29 is 13.2 Å². The average molecular weight is 453 g/mol. The molecule has 8 heteroatoms. The molecule has 3 aromatic rings. The zero-order chi connectivity index (χ0) is 22.7. The maximum Gasteiger partial charge on any atom is 0.243 e. The highest BCUT2D eigenvalue weighted by Gasteiger charge is 2.32. The van der Waals surface area contributed by atoms with Crippen molar-refractivity contribution in [3.8, 4) is 5.69 Å². The second-order valence-corrected chi connectivity index (χ2v) is 10.1. The van der Waals surface area contributed by atoms with Crippen LogP contribution in [0.2, 0.25) is 0 Å². The number of amides is 1. The minimum atomic E-state index is -3.53. The maximum absolute atomic E-state index is 12.9.